The Morgan fingerprint density at radius 2 is 2.15 bits per heavy atom. The molecule has 6 heteroatoms. The molecule has 1 aliphatic heterocycles. The quantitative estimate of drug-likeness (QED) is 0.833. The number of aryl methyl sites for hydroxylation is 1. The van der Waals surface area contributed by atoms with Crippen molar-refractivity contribution in [1.82, 2.24) is 10.2 Å². The Morgan fingerprint density at radius 1 is 1.45 bits per heavy atom. The Balaban J connectivity index is 2.37. The summed E-state index contributed by atoms with van der Waals surface area (Å²) in [5, 5.41) is 2.26. The van der Waals surface area contributed by atoms with Gasteiger partial charge in [0.05, 0.1) is 5.56 Å². The smallest absolute Gasteiger partial charge is 0.256 e. The Labute approximate surface area is 125 Å². The summed E-state index contributed by atoms with van der Waals surface area (Å²) in [6.07, 6.45) is 0.467. The first kappa shape index (κ1) is 14.7. The molecule has 1 fully saturated rings. The number of nitrogens with one attached hydrogen (secondary N) is 1. The SMILES string of the molecule is CCC1C(=O)NC(=O)CN1C(=O)c1cccc(C)c1Br. The summed E-state index contributed by atoms with van der Waals surface area (Å²) >= 11 is 3.39. The van der Waals surface area contributed by atoms with E-state index in [1.807, 2.05) is 19.9 Å². The molecular formula is C14H15BrN2O3. The summed E-state index contributed by atoms with van der Waals surface area (Å²) < 4.78 is 0.693. The van der Waals surface area contributed by atoms with Crippen LogP contribution in [0.1, 0.15) is 29.3 Å². The lowest BCUT2D eigenvalue weighted by molar-refractivity contribution is -0.138. The number of halogens is 1. The highest BCUT2D eigenvalue weighted by Crippen LogP contribution is 2.24. The van der Waals surface area contributed by atoms with E-state index in [1.165, 1.54) is 4.90 Å². The molecule has 1 aromatic carbocycles. The van der Waals surface area contributed by atoms with Crippen LogP contribution in [0.3, 0.4) is 0 Å². The predicted octanol–water partition coefficient (Wildman–Crippen LogP) is 1.63. The van der Waals surface area contributed by atoms with E-state index in [0.717, 1.165) is 5.56 Å². The van der Waals surface area contributed by atoms with Gasteiger partial charge < -0.3 is 4.90 Å². The summed E-state index contributed by atoms with van der Waals surface area (Å²) in [5.41, 5.74) is 1.39. The summed E-state index contributed by atoms with van der Waals surface area (Å²) in [5.74, 6) is -1.17. The van der Waals surface area contributed by atoms with Crippen molar-refractivity contribution in [2.24, 2.45) is 0 Å². The number of carbonyl (C=O) groups is 3. The lowest BCUT2D eigenvalue weighted by atomic mass is 10.1. The van der Waals surface area contributed by atoms with Crippen molar-refractivity contribution >= 4 is 33.7 Å². The Kier molecular flexibility index (Phi) is 4.23. The van der Waals surface area contributed by atoms with Crippen LogP contribution in [0, 0.1) is 6.92 Å². The first-order valence-corrected chi connectivity index (χ1v) is 7.14. The van der Waals surface area contributed by atoms with Gasteiger partial charge in [0.1, 0.15) is 12.6 Å². The molecule has 0 aromatic heterocycles. The van der Waals surface area contributed by atoms with E-state index >= 15 is 0 Å². The zero-order chi connectivity index (χ0) is 14.9. The third-order valence-electron chi connectivity index (χ3n) is 3.33. The van der Waals surface area contributed by atoms with E-state index in [0.29, 0.717) is 16.5 Å². The summed E-state index contributed by atoms with van der Waals surface area (Å²) in [4.78, 5) is 37.2. The van der Waals surface area contributed by atoms with Gasteiger partial charge in [-0.25, -0.2) is 0 Å². The first-order valence-electron chi connectivity index (χ1n) is 6.35. The molecule has 106 valence electrons. The Hall–Kier alpha value is -1.69. The van der Waals surface area contributed by atoms with E-state index in [2.05, 4.69) is 21.2 Å². The Bertz CT molecular complexity index is 586. The second-order valence-corrected chi connectivity index (χ2v) is 5.50. The minimum atomic E-state index is -0.604. The highest BCUT2D eigenvalue weighted by atomic mass is 79.9. The maximum Gasteiger partial charge on any atom is 0.256 e. The average Bonchev–Trinajstić information content (AvgIpc) is 2.40. The standard InChI is InChI=1S/C14H15BrN2O3/c1-3-10-13(19)16-11(18)7-17(10)14(20)9-6-4-5-8(2)12(9)15/h4-6,10H,3,7H2,1-2H3,(H,16,18,19). The lowest BCUT2D eigenvalue weighted by Gasteiger charge is -2.33. The van der Waals surface area contributed by atoms with Gasteiger partial charge in [-0.1, -0.05) is 19.1 Å². The van der Waals surface area contributed by atoms with Crippen molar-refractivity contribution < 1.29 is 14.4 Å². The highest BCUT2D eigenvalue weighted by Gasteiger charge is 2.36. The minimum Gasteiger partial charge on any atom is -0.317 e. The third-order valence-corrected chi connectivity index (χ3v) is 4.38. The fourth-order valence-electron chi connectivity index (χ4n) is 2.25. The average molecular weight is 339 g/mol. The van der Waals surface area contributed by atoms with Gasteiger partial charge in [0, 0.05) is 4.47 Å². The highest BCUT2D eigenvalue weighted by molar-refractivity contribution is 9.10. The van der Waals surface area contributed by atoms with Gasteiger partial charge in [0.15, 0.2) is 0 Å². The van der Waals surface area contributed by atoms with Crippen LogP contribution in [0.2, 0.25) is 0 Å². The number of hydrogen-bond donors (Lipinski definition) is 1. The molecule has 1 aromatic rings. The number of nitrogens with zero attached hydrogens (tertiary/aromatic N) is 1. The number of rotatable bonds is 2. The molecule has 1 heterocycles. The van der Waals surface area contributed by atoms with E-state index in [4.69, 9.17) is 0 Å². The monoisotopic (exact) mass is 338 g/mol. The van der Waals surface area contributed by atoms with Gasteiger partial charge in [0.25, 0.3) is 5.91 Å². The summed E-state index contributed by atoms with van der Waals surface area (Å²) in [6, 6.07) is 4.74. The predicted molar refractivity (Wildman–Crippen MR) is 77.1 cm³/mol. The van der Waals surface area contributed by atoms with Crippen LogP contribution in [0.5, 0.6) is 0 Å². The Morgan fingerprint density at radius 3 is 2.80 bits per heavy atom. The maximum atomic E-state index is 12.6. The van der Waals surface area contributed by atoms with Crippen LogP contribution in [0.4, 0.5) is 0 Å². The molecule has 1 unspecified atom stereocenters. The van der Waals surface area contributed by atoms with Crippen molar-refractivity contribution in [2.75, 3.05) is 6.54 Å². The summed E-state index contributed by atoms with van der Waals surface area (Å²) in [7, 11) is 0. The van der Waals surface area contributed by atoms with E-state index in [9.17, 15) is 14.4 Å². The molecule has 1 atom stereocenters. The minimum absolute atomic E-state index is 0.0938. The molecule has 2 rings (SSSR count). The normalized spacial score (nSPS) is 18.9. The van der Waals surface area contributed by atoms with Crippen LogP contribution >= 0.6 is 15.9 Å². The van der Waals surface area contributed by atoms with Crippen LogP contribution in [0.15, 0.2) is 22.7 Å². The molecule has 20 heavy (non-hydrogen) atoms. The van der Waals surface area contributed by atoms with Crippen LogP contribution in [-0.4, -0.2) is 35.2 Å². The second kappa shape index (κ2) is 5.75. The molecular weight excluding hydrogens is 324 g/mol. The number of benzene rings is 1. The number of hydrogen-bond acceptors (Lipinski definition) is 3. The molecule has 0 aliphatic carbocycles. The van der Waals surface area contributed by atoms with Crippen LogP contribution < -0.4 is 5.32 Å². The molecule has 3 amide bonds. The number of amides is 3. The van der Waals surface area contributed by atoms with E-state index in [-0.39, 0.29) is 12.5 Å². The zero-order valence-electron chi connectivity index (χ0n) is 11.3. The van der Waals surface area contributed by atoms with Crippen molar-refractivity contribution in [2.45, 2.75) is 26.3 Å². The van der Waals surface area contributed by atoms with Crippen LogP contribution in [-0.2, 0) is 9.59 Å². The summed E-state index contributed by atoms with van der Waals surface area (Å²) in [6.45, 7) is 3.60. The number of piperazine rings is 1. The topological polar surface area (TPSA) is 66.5 Å². The molecule has 0 saturated carbocycles. The second-order valence-electron chi connectivity index (χ2n) is 4.71. The van der Waals surface area contributed by atoms with E-state index < -0.39 is 17.9 Å². The van der Waals surface area contributed by atoms with Crippen LogP contribution in [0.25, 0.3) is 0 Å². The van der Waals surface area contributed by atoms with Gasteiger partial charge in [-0.15, -0.1) is 0 Å². The van der Waals surface area contributed by atoms with Gasteiger partial charge in [-0.05, 0) is 40.9 Å². The molecule has 1 N–H and O–H groups in total. The number of imide groups is 1. The fraction of sp³-hybridized carbons (Fsp3) is 0.357. The zero-order valence-corrected chi connectivity index (χ0v) is 12.9. The maximum absolute atomic E-state index is 12.6. The molecule has 5 nitrogen and oxygen atoms in total. The molecule has 1 saturated heterocycles. The molecule has 1 aliphatic rings. The van der Waals surface area contributed by atoms with Gasteiger partial charge in [-0.3, -0.25) is 19.7 Å². The van der Waals surface area contributed by atoms with Crippen molar-refractivity contribution in [3.05, 3.63) is 33.8 Å². The first-order chi connectivity index (χ1) is 9.45. The lowest BCUT2D eigenvalue weighted by Crippen LogP contribution is -2.59. The van der Waals surface area contributed by atoms with Gasteiger partial charge in [0.2, 0.25) is 11.8 Å². The van der Waals surface area contributed by atoms with Crippen molar-refractivity contribution in [1.29, 1.82) is 0 Å². The third kappa shape index (κ3) is 2.60. The van der Waals surface area contributed by atoms with Gasteiger partial charge in [-0.2, -0.15) is 0 Å². The molecule has 0 bridgehead atoms. The van der Waals surface area contributed by atoms with Gasteiger partial charge >= 0.3 is 0 Å². The van der Waals surface area contributed by atoms with Crippen molar-refractivity contribution in [3.8, 4) is 0 Å². The number of carbonyl (C=O) groups excluding carboxylic acids is 3. The fourth-order valence-corrected chi connectivity index (χ4v) is 2.69. The largest absolute Gasteiger partial charge is 0.317 e. The molecule has 0 radical (unpaired) electrons. The van der Waals surface area contributed by atoms with E-state index in [1.54, 1.807) is 12.1 Å². The van der Waals surface area contributed by atoms with Crippen molar-refractivity contribution in [3.63, 3.8) is 0 Å². The molecule has 0 spiro atoms.